The molecule has 0 bridgehead atoms. The fourth-order valence-corrected chi connectivity index (χ4v) is 2.93. The summed E-state index contributed by atoms with van der Waals surface area (Å²) in [5, 5.41) is 45.3. The van der Waals surface area contributed by atoms with Crippen molar-refractivity contribution < 1.29 is 34.7 Å². The number of aliphatic hydroxyl groups is 5. The van der Waals surface area contributed by atoms with Gasteiger partial charge in [0.15, 0.2) is 11.7 Å². The summed E-state index contributed by atoms with van der Waals surface area (Å²) >= 11 is 0. The van der Waals surface area contributed by atoms with Crippen molar-refractivity contribution in [1.82, 2.24) is 0 Å². The minimum atomic E-state index is -1.57. The highest BCUT2D eigenvalue weighted by Gasteiger charge is 2.42. The number of ether oxygens (including phenoxy) is 1. The van der Waals surface area contributed by atoms with Crippen LogP contribution in [-0.2, 0) is 4.74 Å². The predicted octanol–water partition coefficient (Wildman–Crippen LogP) is 0.239. The first kappa shape index (κ1) is 21.1. The lowest BCUT2D eigenvalue weighted by Gasteiger charge is -2.37. The molecule has 0 amide bonds. The van der Waals surface area contributed by atoms with Crippen LogP contribution in [0.2, 0.25) is 0 Å². The molecule has 0 unspecified atom stereocenters. The molecule has 3 aromatic rings. The van der Waals surface area contributed by atoms with Crippen LogP contribution >= 0.6 is 0 Å². The van der Waals surface area contributed by atoms with Gasteiger partial charge in [-0.1, -0.05) is 42.5 Å². The molecule has 1 aliphatic heterocycles. The summed E-state index contributed by atoms with van der Waals surface area (Å²) in [6.07, 6.45) is -7.04. The second-order valence-electron chi connectivity index (χ2n) is 6.56. The van der Waals surface area contributed by atoms with Crippen LogP contribution in [-0.4, -0.2) is 62.8 Å². The Kier molecular flexibility index (Phi) is 6.75. The van der Waals surface area contributed by atoms with Crippen LogP contribution in [0.1, 0.15) is 0 Å². The molecule has 5 N–H and O–H groups in total. The highest BCUT2D eigenvalue weighted by molar-refractivity contribution is 5.78. The quantitative estimate of drug-likeness (QED) is 0.411. The van der Waals surface area contributed by atoms with E-state index in [9.17, 15) is 4.79 Å². The number of para-hydroxylation sites is 1. The van der Waals surface area contributed by atoms with Gasteiger partial charge in [0, 0.05) is 11.6 Å². The Balaban J connectivity index is 0.000000177. The highest BCUT2D eigenvalue weighted by atomic mass is 16.6. The molecule has 8 nitrogen and oxygen atoms in total. The van der Waals surface area contributed by atoms with Crippen LogP contribution in [0.15, 0.2) is 69.9 Å². The van der Waals surface area contributed by atoms with Gasteiger partial charge in [0.25, 0.3) is 0 Å². The zero-order chi connectivity index (χ0) is 21.0. The van der Waals surface area contributed by atoms with Gasteiger partial charge in [0.05, 0.1) is 12.0 Å². The molecule has 0 saturated carbocycles. The van der Waals surface area contributed by atoms with Gasteiger partial charge in [-0.15, -0.1) is 0 Å². The predicted molar refractivity (Wildman–Crippen MR) is 104 cm³/mol. The SMILES string of the molecule is O=c1cc(-c2ccccc2)oc2ccccc12.OC[C@H]1O[C@@H](O)[C@H](O)[C@@H](O)[C@@H]1O. The molecule has 4 rings (SSSR count). The summed E-state index contributed by atoms with van der Waals surface area (Å²) in [7, 11) is 0. The summed E-state index contributed by atoms with van der Waals surface area (Å²) < 4.78 is 10.3. The molecule has 29 heavy (non-hydrogen) atoms. The molecule has 0 radical (unpaired) electrons. The molecule has 0 aliphatic carbocycles. The summed E-state index contributed by atoms with van der Waals surface area (Å²) in [5.41, 5.74) is 1.53. The van der Waals surface area contributed by atoms with E-state index in [0.29, 0.717) is 16.7 Å². The van der Waals surface area contributed by atoms with E-state index in [2.05, 4.69) is 4.74 Å². The van der Waals surface area contributed by atoms with Gasteiger partial charge in [-0.2, -0.15) is 0 Å². The Morgan fingerprint density at radius 1 is 0.828 bits per heavy atom. The summed E-state index contributed by atoms with van der Waals surface area (Å²) in [6.45, 7) is -0.526. The fraction of sp³-hybridized carbons (Fsp3) is 0.286. The van der Waals surface area contributed by atoms with Crippen LogP contribution in [0.3, 0.4) is 0 Å². The minimum absolute atomic E-state index is 0.00861. The molecular formula is C21H22O8. The monoisotopic (exact) mass is 402 g/mol. The van der Waals surface area contributed by atoms with Gasteiger partial charge in [0.2, 0.25) is 0 Å². The first-order valence-electron chi connectivity index (χ1n) is 8.99. The lowest BCUT2D eigenvalue weighted by molar-refractivity contribution is -0.286. The number of hydrogen-bond acceptors (Lipinski definition) is 8. The number of fused-ring (bicyclic) bond motifs is 1. The maximum Gasteiger partial charge on any atom is 0.193 e. The third-order valence-electron chi connectivity index (χ3n) is 4.56. The van der Waals surface area contributed by atoms with E-state index < -0.39 is 37.3 Å². The van der Waals surface area contributed by atoms with E-state index in [0.717, 1.165) is 5.56 Å². The van der Waals surface area contributed by atoms with Crippen molar-refractivity contribution >= 4 is 11.0 Å². The minimum Gasteiger partial charge on any atom is -0.456 e. The van der Waals surface area contributed by atoms with Crippen LogP contribution in [0.25, 0.3) is 22.3 Å². The van der Waals surface area contributed by atoms with Gasteiger partial charge >= 0.3 is 0 Å². The van der Waals surface area contributed by atoms with Crippen molar-refractivity contribution in [1.29, 1.82) is 0 Å². The average Bonchev–Trinajstić information content (AvgIpc) is 2.76. The second kappa shape index (κ2) is 9.27. The Morgan fingerprint density at radius 2 is 1.48 bits per heavy atom. The first-order chi connectivity index (χ1) is 13.9. The molecular weight excluding hydrogens is 380 g/mol. The van der Waals surface area contributed by atoms with Crippen molar-refractivity contribution in [2.24, 2.45) is 0 Å². The number of benzene rings is 2. The van der Waals surface area contributed by atoms with E-state index in [4.69, 9.17) is 29.9 Å². The Morgan fingerprint density at radius 3 is 2.17 bits per heavy atom. The van der Waals surface area contributed by atoms with E-state index >= 15 is 0 Å². The number of rotatable bonds is 2. The van der Waals surface area contributed by atoms with Crippen molar-refractivity contribution in [2.75, 3.05) is 6.61 Å². The van der Waals surface area contributed by atoms with E-state index in [1.807, 2.05) is 48.5 Å². The highest BCUT2D eigenvalue weighted by Crippen LogP contribution is 2.21. The van der Waals surface area contributed by atoms with Crippen molar-refractivity contribution in [3.63, 3.8) is 0 Å². The second-order valence-corrected chi connectivity index (χ2v) is 6.56. The third kappa shape index (κ3) is 4.70. The molecule has 5 atom stereocenters. The largest absolute Gasteiger partial charge is 0.456 e. The zero-order valence-corrected chi connectivity index (χ0v) is 15.3. The van der Waals surface area contributed by atoms with Crippen LogP contribution in [0.5, 0.6) is 0 Å². The Bertz CT molecular complexity index is 982. The molecule has 1 aliphatic rings. The maximum absolute atomic E-state index is 11.9. The van der Waals surface area contributed by atoms with E-state index in [1.54, 1.807) is 6.07 Å². The molecule has 154 valence electrons. The van der Waals surface area contributed by atoms with Crippen LogP contribution < -0.4 is 5.43 Å². The van der Waals surface area contributed by atoms with Gasteiger partial charge in [-0.3, -0.25) is 4.79 Å². The average molecular weight is 402 g/mol. The normalized spacial score (nSPS) is 26.6. The number of aliphatic hydroxyl groups excluding tert-OH is 5. The van der Waals surface area contributed by atoms with Crippen molar-refractivity contribution in [3.05, 3.63) is 70.9 Å². The van der Waals surface area contributed by atoms with E-state index in [1.165, 1.54) is 6.07 Å². The van der Waals surface area contributed by atoms with Gasteiger partial charge in [-0.05, 0) is 12.1 Å². The number of hydrogen-bond donors (Lipinski definition) is 5. The summed E-state index contributed by atoms with van der Waals surface area (Å²) in [5.74, 6) is 0.606. The molecule has 1 aromatic heterocycles. The van der Waals surface area contributed by atoms with E-state index in [-0.39, 0.29) is 5.43 Å². The van der Waals surface area contributed by atoms with Crippen LogP contribution in [0.4, 0.5) is 0 Å². The topological polar surface area (TPSA) is 141 Å². The lowest BCUT2D eigenvalue weighted by Crippen LogP contribution is -2.58. The lowest BCUT2D eigenvalue weighted by atomic mass is 10.00. The van der Waals surface area contributed by atoms with Crippen LogP contribution in [0, 0.1) is 0 Å². The zero-order valence-electron chi connectivity index (χ0n) is 15.3. The fourth-order valence-electron chi connectivity index (χ4n) is 2.93. The molecule has 8 heteroatoms. The summed E-state index contributed by atoms with van der Waals surface area (Å²) in [6, 6.07) is 18.4. The Labute approximate surface area is 165 Å². The summed E-state index contributed by atoms with van der Waals surface area (Å²) in [4.78, 5) is 11.9. The molecule has 2 aromatic carbocycles. The van der Waals surface area contributed by atoms with Gasteiger partial charge in [-0.25, -0.2) is 0 Å². The van der Waals surface area contributed by atoms with Crippen molar-refractivity contribution in [2.45, 2.75) is 30.7 Å². The standard InChI is InChI=1S/C15H10O2.C6H12O6/c16-13-10-15(11-6-2-1-3-7-11)17-14-9-5-4-8-12(13)14;7-1-2-3(8)4(9)5(10)6(11)12-2/h1-10H;2-11H,1H2/t;2-,3-,4+,5-,6-/m.1/s1. The van der Waals surface area contributed by atoms with Crippen molar-refractivity contribution in [3.8, 4) is 11.3 Å². The molecule has 1 saturated heterocycles. The molecule has 1 fully saturated rings. The van der Waals surface area contributed by atoms with Gasteiger partial charge in [0.1, 0.15) is 35.8 Å². The molecule has 0 spiro atoms. The Hall–Kier alpha value is -2.59. The molecule has 2 heterocycles. The smallest absolute Gasteiger partial charge is 0.193 e. The van der Waals surface area contributed by atoms with Gasteiger partial charge < -0.3 is 34.7 Å². The third-order valence-corrected chi connectivity index (χ3v) is 4.56. The maximum atomic E-state index is 11.9. The first-order valence-corrected chi connectivity index (χ1v) is 8.99.